The molecule has 0 bridgehead atoms. The molecule has 0 aliphatic rings. The first kappa shape index (κ1) is 20.8. The zero-order chi connectivity index (χ0) is 14.8. The largest absolute Gasteiger partial charge is 0.0776 e. The van der Waals surface area contributed by atoms with Crippen LogP contribution in [0.1, 0.15) is 49.1 Å². The molecule has 0 aliphatic heterocycles. The lowest BCUT2D eigenvalue weighted by Gasteiger charge is -2.04. The summed E-state index contributed by atoms with van der Waals surface area (Å²) >= 11 is 0. The summed E-state index contributed by atoms with van der Waals surface area (Å²) in [5, 5.41) is 0. The highest BCUT2D eigenvalue weighted by atomic mass is 14.0. The highest BCUT2D eigenvalue weighted by Crippen LogP contribution is 2.13. The molecule has 2 aromatic carbocycles. The van der Waals surface area contributed by atoms with E-state index in [9.17, 15) is 0 Å². The zero-order valence-electron chi connectivity index (χ0n) is 13.5. The number of hydrogen-bond donors (Lipinski definition) is 0. The molecular formula is C20H32. The van der Waals surface area contributed by atoms with Gasteiger partial charge in [-0.2, -0.15) is 0 Å². The maximum Gasteiger partial charge on any atom is -0.0392 e. The SMILES string of the molecule is C.CC.Cc1cc(C)c(C)c(C)c1.Cc1ccccc1. The Bertz CT molecular complexity index is 444. The molecule has 0 N–H and O–H groups in total. The van der Waals surface area contributed by atoms with Gasteiger partial charge in [0.1, 0.15) is 0 Å². The van der Waals surface area contributed by atoms with Crippen LogP contribution in [0.15, 0.2) is 42.5 Å². The molecule has 0 aliphatic carbocycles. The fourth-order valence-corrected chi connectivity index (χ4v) is 1.79. The van der Waals surface area contributed by atoms with E-state index in [0.29, 0.717) is 0 Å². The molecule has 0 saturated carbocycles. The van der Waals surface area contributed by atoms with E-state index in [1.54, 1.807) is 0 Å². The molecule has 0 unspecified atom stereocenters. The summed E-state index contributed by atoms with van der Waals surface area (Å²) in [5.74, 6) is 0. The van der Waals surface area contributed by atoms with Crippen molar-refractivity contribution in [2.24, 2.45) is 0 Å². The quantitative estimate of drug-likeness (QED) is 0.508. The minimum Gasteiger partial charge on any atom is -0.0776 e. The van der Waals surface area contributed by atoms with Gasteiger partial charge in [-0.3, -0.25) is 0 Å². The van der Waals surface area contributed by atoms with E-state index in [-0.39, 0.29) is 7.43 Å². The van der Waals surface area contributed by atoms with Crippen LogP contribution in [0, 0.1) is 34.6 Å². The van der Waals surface area contributed by atoms with Gasteiger partial charge >= 0.3 is 0 Å². The summed E-state index contributed by atoms with van der Waals surface area (Å²) in [6, 6.07) is 14.7. The van der Waals surface area contributed by atoms with E-state index in [1.165, 1.54) is 27.8 Å². The Morgan fingerprint density at radius 1 is 0.600 bits per heavy atom. The molecule has 0 spiro atoms. The van der Waals surface area contributed by atoms with E-state index in [1.807, 2.05) is 32.0 Å². The summed E-state index contributed by atoms with van der Waals surface area (Å²) in [4.78, 5) is 0. The highest BCUT2D eigenvalue weighted by Gasteiger charge is 1.95. The van der Waals surface area contributed by atoms with Crippen molar-refractivity contribution in [3.05, 3.63) is 70.3 Å². The van der Waals surface area contributed by atoms with Crippen molar-refractivity contribution < 1.29 is 0 Å². The molecule has 20 heavy (non-hydrogen) atoms. The van der Waals surface area contributed by atoms with Crippen LogP contribution >= 0.6 is 0 Å². The Balaban J connectivity index is 0. The van der Waals surface area contributed by atoms with Crippen molar-refractivity contribution >= 4 is 0 Å². The van der Waals surface area contributed by atoms with Gasteiger partial charge < -0.3 is 0 Å². The molecule has 0 fully saturated rings. The third kappa shape index (κ3) is 7.78. The first-order chi connectivity index (χ1) is 9.00. The van der Waals surface area contributed by atoms with Crippen molar-refractivity contribution in [3.63, 3.8) is 0 Å². The van der Waals surface area contributed by atoms with E-state index >= 15 is 0 Å². The van der Waals surface area contributed by atoms with Gasteiger partial charge in [0.15, 0.2) is 0 Å². The van der Waals surface area contributed by atoms with Gasteiger partial charge in [0.05, 0.1) is 0 Å². The highest BCUT2D eigenvalue weighted by molar-refractivity contribution is 5.36. The standard InChI is InChI=1S/C10H14.C7H8.C2H6.CH4/c1-7-5-8(2)10(4)9(3)6-7;1-7-5-3-2-4-6-7;1-2;/h5-6H,1-4H3;2-6H,1H3;1-2H3;1H4. The predicted octanol–water partition coefficient (Wildman–Crippen LogP) is 6.58. The van der Waals surface area contributed by atoms with E-state index in [4.69, 9.17) is 0 Å². The Kier molecular flexibility index (Phi) is 11.7. The van der Waals surface area contributed by atoms with E-state index in [2.05, 4.69) is 58.9 Å². The molecule has 0 aromatic heterocycles. The number of benzene rings is 2. The lowest BCUT2D eigenvalue weighted by atomic mass is 10.0. The van der Waals surface area contributed by atoms with Crippen molar-refractivity contribution in [1.82, 2.24) is 0 Å². The summed E-state index contributed by atoms with van der Waals surface area (Å²) in [7, 11) is 0. The second-order valence-corrected chi connectivity index (χ2v) is 4.68. The Hall–Kier alpha value is -1.56. The topological polar surface area (TPSA) is 0 Å². The maximum absolute atomic E-state index is 2.22. The predicted molar refractivity (Wildman–Crippen MR) is 94.6 cm³/mol. The van der Waals surface area contributed by atoms with Crippen LogP contribution in [-0.2, 0) is 0 Å². The fraction of sp³-hybridized carbons (Fsp3) is 0.400. The number of rotatable bonds is 0. The second-order valence-electron chi connectivity index (χ2n) is 4.68. The van der Waals surface area contributed by atoms with E-state index in [0.717, 1.165) is 0 Å². The van der Waals surface area contributed by atoms with Crippen LogP contribution in [0.3, 0.4) is 0 Å². The second kappa shape index (κ2) is 11.3. The van der Waals surface area contributed by atoms with Gasteiger partial charge in [-0.25, -0.2) is 0 Å². The minimum absolute atomic E-state index is 0. The van der Waals surface area contributed by atoms with E-state index < -0.39 is 0 Å². The third-order valence-electron chi connectivity index (χ3n) is 3.01. The van der Waals surface area contributed by atoms with Crippen LogP contribution in [-0.4, -0.2) is 0 Å². The van der Waals surface area contributed by atoms with Crippen LogP contribution in [0.4, 0.5) is 0 Å². The molecule has 0 atom stereocenters. The Labute approximate surface area is 126 Å². The fourth-order valence-electron chi connectivity index (χ4n) is 1.79. The zero-order valence-corrected chi connectivity index (χ0v) is 13.5. The Morgan fingerprint density at radius 2 is 1.00 bits per heavy atom. The lowest BCUT2D eigenvalue weighted by molar-refractivity contribution is 1.23. The molecule has 0 amide bonds. The molecule has 0 radical (unpaired) electrons. The van der Waals surface area contributed by atoms with Gasteiger partial charge in [0.2, 0.25) is 0 Å². The monoisotopic (exact) mass is 272 g/mol. The first-order valence-corrected chi connectivity index (χ1v) is 7.07. The molecule has 0 heterocycles. The molecule has 2 rings (SSSR count). The van der Waals surface area contributed by atoms with Gasteiger partial charge in [-0.15, -0.1) is 0 Å². The normalized spacial score (nSPS) is 8.35. The van der Waals surface area contributed by atoms with Crippen LogP contribution in [0.2, 0.25) is 0 Å². The maximum atomic E-state index is 2.22. The first-order valence-electron chi connectivity index (χ1n) is 7.07. The third-order valence-corrected chi connectivity index (χ3v) is 3.01. The average molecular weight is 272 g/mol. The molecule has 0 heteroatoms. The summed E-state index contributed by atoms with van der Waals surface area (Å²) in [6.07, 6.45) is 0. The lowest BCUT2D eigenvalue weighted by Crippen LogP contribution is -1.86. The summed E-state index contributed by atoms with van der Waals surface area (Å²) in [6.45, 7) is 14.7. The van der Waals surface area contributed by atoms with Crippen LogP contribution in [0.25, 0.3) is 0 Å². The Morgan fingerprint density at radius 3 is 1.30 bits per heavy atom. The molecule has 0 nitrogen and oxygen atoms in total. The van der Waals surface area contributed by atoms with Crippen molar-refractivity contribution in [2.75, 3.05) is 0 Å². The average Bonchev–Trinajstić information content (AvgIpc) is 2.40. The van der Waals surface area contributed by atoms with Crippen molar-refractivity contribution in [2.45, 2.75) is 55.9 Å². The van der Waals surface area contributed by atoms with Crippen LogP contribution in [0.5, 0.6) is 0 Å². The van der Waals surface area contributed by atoms with Gasteiger partial charge in [-0.1, -0.05) is 74.9 Å². The van der Waals surface area contributed by atoms with Gasteiger partial charge in [0, 0.05) is 0 Å². The summed E-state index contributed by atoms with van der Waals surface area (Å²) in [5.41, 5.74) is 6.91. The molecule has 0 saturated heterocycles. The van der Waals surface area contributed by atoms with Crippen molar-refractivity contribution in [3.8, 4) is 0 Å². The minimum atomic E-state index is 0. The van der Waals surface area contributed by atoms with Gasteiger partial charge in [-0.05, 0) is 51.3 Å². The molecular weight excluding hydrogens is 240 g/mol. The van der Waals surface area contributed by atoms with Crippen LogP contribution < -0.4 is 0 Å². The molecule has 2 aromatic rings. The van der Waals surface area contributed by atoms with Gasteiger partial charge in [0.25, 0.3) is 0 Å². The smallest absolute Gasteiger partial charge is 0.0392 e. The number of aryl methyl sites for hydroxylation is 4. The molecule has 112 valence electrons. The summed E-state index contributed by atoms with van der Waals surface area (Å²) < 4.78 is 0. The van der Waals surface area contributed by atoms with Crippen molar-refractivity contribution in [1.29, 1.82) is 0 Å². The number of hydrogen-bond acceptors (Lipinski definition) is 0.